The van der Waals surface area contributed by atoms with E-state index in [1.165, 1.54) is 0 Å². The standard InChI is InChI=1S/C11H21N3OSi/c1-5-9-6-7-11(15-16(2,3)4)10(8-9)13-14-12/h5,9-11H,1,6-8H2,2-4H3/t9?,10-,11-/m1/s1. The number of hydrogen-bond acceptors (Lipinski definition) is 2. The van der Waals surface area contributed by atoms with E-state index in [0.29, 0.717) is 5.92 Å². The number of hydrogen-bond donors (Lipinski definition) is 0. The van der Waals surface area contributed by atoms with Crippen LogP contribution in [0.1, 0.15) is 19.3 Å². The highest BCUT2D eigenvalue weighted by Gasteiger charge is 2.32. The van der Waals surface area contributed by atoms with Crippen LogP contribution in [0.5, 0.6) is 0 Å². The van der Waals surface area contributed by atoms with Gasteiger partial charge < -0.3 is 4.43 Å². The maximum Gasteiger partial charge on any atom is 0.184 e. The average molecular weight is 239 g/mol. The third-order valence-electron chi connectivity index (χ3n) is 2.83. The van der Waals surface area contributed by atoms with Crippen molar-refractivity contribution >= 4 is 8.32 Å². The fourth-order valence-electron chi connectivity index (χ4n) is 2.14. The molecule has 0 bridgehead atoms. The molecule has 4 nitrogen and oxygen atoms in total. The van der Waals surface area contributed by atoms with Gasteiger partial charge in [-0.15, -0.1) is 6.58 Å². The Morgan fingerprint density at radius 3 is 2.62 bits per heavy atom. The summed E-state index contributed by atoms with van der Waals surface area (Å²) in [6.45, 7) is 10.3. The van der Waals surface area contributed by atoms with Crippen molar-refractivity contribution in [1.29, 1.82) is 0 Å². The van der Waals surface area contributed by atoms with Gasteiger partial charge in [-0.25, -0.2) is 0 Å². The number of allylic oxidation sites excluding steroid dienone is 1. The van der Waals surface area contributed by atoms with Gasteiger partial charge in [-0.3, -0.25) is 0 Å². The van der Waals surface area contributed by atoms with Gasteiger partial charge in [0.15, 0.2) is 8.32 Å². The van der Waals surface area contributed by atoms with Crippen molar-refractivity contribution in [3.63, 3.8) is 0 Å². The van der Waals surface area contributed by atoms with Gasteiger partial charge in [-0.2, -0.15) is 0 Å². The van der Waals surface area contributed by atoms with E-state index in [0.717, 1.165) is 19.3 Å². The lowest BCUT2D eigenvalue weighted by Crippen LogP contribution is -2.41. The molecular formula is C11H21N3OSi. The Balaban J connectivity index is 2.68. The monoisotopic (exact) mass is 239 g/mol. The summed E-state index contributed by atoms with van der Waals surface area (Å²) < 4.78 is 6.08. The molecule has 0 heterocycles. The van der Waals surface area contributed by atoms with Gasteiger partial charge >= 0.3 is 0 Å². The lowest BCUT2D eigenvalue weighted by molar-refractivity contribution is 0.112. The first kappa shape index (κ1) is 13.3. The number of rotatable bonds is 4. The Morgan fingerprint density at radius 1 is 1.44 bits per heavy atom. The Kier molecular flexibility index (Phi) is 4.59. The molecule has 1 rings (SSSR count). The molecule has 1 aliphatic rings. The highest BCUT2D eigenvalue weighted by Crippen LogP contribution is 2.31. The fourth-order valence-corrected chi connectivity index (χ4v) is 3.33. The third-order valence-corrected chi connectivity index (χ3v) is 3.84. The summed E-state index contributed by atoms with van der Waals surface area (Å²) in [5.74, 6) is 0.469. The maximum atomic E-state index is 8.58. The Morgan fingerprint density at radius 2 is 2.12 bits per heavy atom. The maximum absolute atomic E-state index is 8.58. The van der Waals surface area contributed by atoms with Gasteiger partial charge in [0.1, 0.15) is 0 Å². The van der Waals surface area contributed by atoms with Crippen LogP contribution in [0.25, 0.3) is 10.4 Å². The second-order valence-corrected chi connectivity index (χ2v) is 9.81. The summed E-state index contributed by atoms with van der Waals surface area (Å²) in [6.07, 6.45) is 5.02. The van der Waals surface area contributed by atoms with Crippen LogP contribution in [0.15, 0.2) is 17.8 Å². The first-order valence-corrected chi connectivity index (χ1v) is 9.21. The van der Waals surface area contributed by atoms with Crippen molar-refractivity contribution < 1.29 is 4.43 Å². The summed E-state index contributed by atoms with van der Waals surface area (Å²) in [4.78, 5) is 2.93. The van der Waals surface area contributed by atoms with Gasteiger partial charge in [0, 0.05) is 4.91 Å². The van der Waals surface area contributed by atoms with Gasteiger partial charge in [0.25, 0.3) is 0 Å². The van der Waals surface area contributed by atoms with Crippen LogP contribution in [0.4, 0.5) is 0 Å². The Hall–Kier alpha value is -0.773. The highest BCUT2D eigenvalue weighted by atomic mass is 28.4. The average Bonchev–Trinajstić information content (AvgIpc) is 2.19. The smallest absolute Gasteiger partial charge is 0.184 e. The zero-order chi connectivity index (χ0) is 12.2. The molecule has 16 heavy (non-hydrogen) atoms. The molecular weight excluding hydrogens is 218 g/mol. The van der Waals surface area contributed by atoms with Crippen LogP contribution in [-0.2, 0) is 4.43 Å². The largest absolute Gasteiger partial charge is 0.414 e. The first-order valence-electron chi connectivity index (χ1n) is 5.81. The van der Waals surface area contributed by atoms with Gasteiger partial charge in [-0.1, -0.05) is 11.2 Å². The van der Waals surface area contributed by atoms with E-state index >= 15 is 0 Å². The Bertz CT molecular complexity index is 294. The predicted octanol–water partition coefficient (Wildman–Crippen LogP) is 3.87. The summed E-state index contributed by atoms with van der Waals surface area (Å²) >= 11 is 0. The SMILES string of the molecule is C=CC1CC[C@@H](O[Si](C)(C)C)[C@H](N=[N+]=[N-])C1. The lowest BCUT2D eigenvalue weighted by atomic mass is 9.84. The Labute approximate surface area is 98.4 Å². The van der Waals surface area contributed by atoms with Crippen molar-refractivity contribution in [3.8, 4) is 0 Å². The zero-order valence-corrected chi connectivity index (χ0v) is 11.4. The van der Waals surface area contributed by atoms with Gasteiger partial charge in [0.05, 0.1) is 12.1 Å². The number of azide groups is 1. The van der Waals surface area contributed by atoms with Crippen molar-refractivity contribution in [1.82, 2.24) is 0 Å². The van der Waals surface area contributed by atoms with Crippen LogP contribution < -0.4 is 0 Å². The van der Waals surface area contributed by atoms with Crippen LogP contribution in [0.2, 0.25) is 19.6 Å². The summed E-state index contributed by atoms with van der Waals surface area (Å²) in [5, 5.41) is 3.88. The minimum Gasteiger partial charge on any atom is -0.414 e. The molecule has 1 saturated carbocycles. The van der Waals surface area contributed by atoms with E-state index in [2.05, 4.69) is 36.2 Å². The van der Waals surface area contributed by atoms with E-state index in [-0.39, 0.29) is 12.1 Å². The predicted molar refractivity (Wildman–Crippen MR) is 68.7 cm³/mol. The van der Waals surface area contributed by atoms with Crippen LogP contribution >= 0.6 is 0 Å². The fraction of sp³-hybridized carbons (Fsp3) is 0.818. The second-order valence-electron chi connectivity index (χ2n) is 5.35. The van der Waals surface area contributed by atoms with Crippen molar-refractivity contribution in [2.45, 2.75) is 51.0 Å². The minimum atomic E-state index is -1.56. The molecule has 0 spiro atoms. The number of nitrogens with zero attached hydrogens (tertiary/aromatic N) is 3. The van der Waals surface area contributed by atoms with E-state index in [1.54, 1.807) is 0 Å². The quantitative estimate of drug-likeness (QED) is 0.241. The molecule has 3 atom stereocenters. The molecule has 0 aromatic carbocycles. The normalized spacial score (nSPS) is 30.6. The summed E-state index contributed by atoms with van der Waals surface area (Å²) in [6, 6.07) is -0.0199. The minimum absolute atomic E-state index is 0.0199. The van der Waals surface area contributed by atoms with Gasteiger partial charge in [0.2, 0.25) is 0 Å². The van der Waals surface area contributed by atoms with Crippen molar-refractivity contribution in [3.05, 3.63) is 23.1 Å². The van der Waals surface area contributed by atoms with Crippen LogP contribution in [0.3, 0.4) is 0 Å². The van der Waals surface area contributed by atoms with Gasteiger partial charge in [-0.05, 0) is 50.4 Å². The molecule has 0 amide bonds. The molecule has 0 saturated heterocycles. The highest BCUT2D eigenvalue weighted by molar-refractivity contribution is 6.69. The first-order chi connectivity index (χ1) is 7.46. The third kappa shape index (κ3) is 4.00. The molecule has 0 radical (unpaired) electrons. The lowest BCUT2D eigenvalue weighted by Gasteiger charge is -2.36. The zero-order valence-electron chi connectivity index (χ0n) is 10.4. The topological polar surface area (TPSA) is 58.0 Å². The molecule has 0 aliphatic heterocycles. The molecule has 90 valence electrons. The summed E-state index contributed by atoms with van der Waals surface area (Å²) in [5.41, 5.74) is 8.58. The second kappa shape index (κ2) is 5.52. The van der Waals surface area contributed by atoms with Crippen molar-refractivity contribution in [2.75, 3.05) is 0 Å². The van der Waals surface area contributed by atoms with Crippen LogP contribution in [0, 0.1) is 5.92 Å². The van der Waals surface area contributed by atoms with E-state index in [4.69, 9.17) is 9.96 Å². The van der Waals surface area contributed by atoms with Crippen molar-refractivity contribution in [2.24, 2.45) is 11.0 Å². The molecule has 0 aromatic heterocycles. The molecule has 0 aromatic rings. The molecule has 1 fully saturated rings. The molecule has 1 unspecified atom stereocenters. The molecule has 1 aliphatic carbocycles. The molecule has 5 heteroatoms. The molecule has 0 N–H and O–H groups in total. The van der Waals surface area contributed by atoms with Crippen LogP contribution in [-0.4, -0.2) is 20.5 Å². The van der Waals surface area contributed by atoms with E-state index in [9.17, 15) is 0 Å². The van der Waals surface area contributed by atoms with E-state index in [1.807, 2.05) is 6.08 Å². The summed E-state index contributed by atoms with van der Waals surface area (Å²) in [7, 11) is -1.56. The van der Waals surface area contributed by atoms with E-state index < -0.39 is 8.32 Å².